The van der Waals surface area contributed by atoms with Gasteiger partial charge in [-0.25, -0.2) is 4.39 Å². The van der Waals surface area contributed by atoms with E-state index in [1.807, 2.05) is 0 Å². The van der Waals surface area contributed by atoms with Gasteiger partial charge in [-0.1, -0.05) is 11.6 Å². The second kappa shape index (κ2) is 6.02. The SMILES string of the molecule is O=C1CCC(C(=O)NCCc2cc(Cl)ccc2F)N1. The summed E-state index contributed by atoms with van der Waals surface area (Å²) in [5, 5.41) is 5.72. The Morgan fingerprint density at radius 1 is 1.53 bits per heavy atom. The van der Waals surface area contributed by atoms with Gasteiger partial charge in [-0.3, -0.25) is 9.59 Å². The van der Waals surface area contributed by atoms with Gasteiger partial charge in [-0.15, -0.1) is 0 Å². The van der Waals surface area contributed by atoms with Crippen molar-refractivity contribution < 1.29 is 14.0 Å². The van der Waals surface area contributed by atoms with Crippen LogP contribution in [0.1, 0.15) is 18.4 Å². The average Bonchev–Trinajstić information content (AvgIpc) is 2.80. The number of carbonyl (C=O) groups is 2. The summed E-state index contributed by atoms with van der Waals surface area (Å²) in [6, 6.07) is 3.86. The number of amides is 2. The normalized spacial score (nSPS) is 18.2. The highest BCUT2D eigenvalue weighted by molar-refractivity contribution is 6.30. The smallest absolute Gasteiger partial charge is 0.242 e. The van der Waals surface area contributed by atoms with E-state index in [1.54, 1.807) is 6.07 Å². The molecule has 1 aromatic rings. The van der Waals surface area contributed by atoms with Crippen molar-refractivity contribution in [1.82, 2.24) is 10.6 Å². The molecule has 19 heavy (non-hydrogen) atoms. The minimum atomic E-state index is -0.461. The Kier molecular flexibility index (Phi) is 4.37. The van der Waals surface area contributed by atoms with Crippen molar-refractivity contribution in [3.8, 4) is 0 Å². The molecule has 102 valence electrons. The van der Waals surface area contributed by atoms with Crippen LogP contribution in [0, 0.1) is 5.82 Å². The molecule has 1 heterocycles. The quantitative estimate of drug-likeness (QED) is 0.878. The molecule has 2 N–H and O–H groups in total. The number of hydrogen-bond acceptors (Lipinski definition) is 2. The van der Waals surface area contributed by atoms with Crippen molar-refractivity contribution in [2.75, 3.05) is 6.54 Å². The molecule has 1 fully saturated rings. The van der Waals surface area contributed by atoms with Crippen LogP contribution in [0.15, 0.2) is 18.2 Å². The first-order chi connectivity index (χ1) is 9.06. The topological polar surface area (TPSA) is 58.2 Å². The first kappa shape index (κ1) is 13.8. The Morgan fingerprint density at radius 2 is 2.32 bits per heavy atom. The molecule has 0 spiro atoms. The summed E-state index contributed by atoms with van der Waals surface area (Å²) in [6.45, 7) is 0.308. The Hall–Kier alpha value is -1.62. The molecule has 1 atom stereocenters. The van der Waals surface area contributed by atoms with Crippen LogP contribution in [0.5, 0.6) is 0 Å². The molecular formula is C13H14ClFN2O2. The van der Waals surface area contributed by atoms with Crippen LogP contribution in [-0.4, -0.2) is 24.4 Å². The molecule has 0 bridgehead atoms. The molecule has 0 saturated carbocycles. The van der Waals surface area contributed by atoms with Crippen LogP contribution in [0.2, 0.25) is 5.02 Å². The van der Waals surface area contributed by atoms with E-state index in [-0.39, 0.29) is 17.6 Å². The average molecular weight is 285 g/mol. The lowest BCUT2D eigenvalue weighted by Gasteiger charge is -2.11. The number of nitrogens with one attached hydrogen (secondary N) is 2. The maximum Gasteiger partial charge on any atom is 0.242 e. The first-order valence-corrected chi connectivity index (χ1v) is 6.45. The summed E-state index contributed by atoms with van der Waals surface area (Å²) in [5.74, 6) is -0.679. The molecule has 1 aliphatic heterocycles. The standard InChI is InChI=1S/C13H14ClFN2O2/c14-9-1-2-10(15)8(7-9)5-6-16-13(19)11-3-4-12(18)17-11/h1-2,7,11H,3-6H2,(H,16,19)(H,17,18). The molecule has 1 saturated heterocycles. The molecule has 0 radical (unpaired) electrons. The monoisotopic (exact) mass is 284 g/mol. The van der Waals surface area contributed by atoms with Crippen LogP contribution >= 0.6 is 11.6 Å². The lowest BCUT2D eigenvalue weighted by atomic mass is 10.1. The van der Waals surface area contributed by atoms with Crippen molar-refractivity contribution >= 4 is 23.4 Å². The number of carbonyl (C=O) groups excluding carboxylic acids is 2. The zero-order valence-electron chi connectivity index (χ0n) is 10.2. The predicted octanol–water partition coefficient (Wildman–Crippen LogP) is 1.42. The van der Waals surface area contributed by atoms with Gasteiger partial charge in [0.15, 0.2) is 0 Å². The molecule has 0 aliphatic carbocycles. The van der Waals surface area contributed by atoms with E-state index >= 15 is 0 Å². The van der Waals surface area contributed by atoms with Crippen molar-refractivity contribution in [3.63, 3.8) is 0 Å². The van der Waals surface area contributed by atoms with Crippen molar-refractivity contribution in [2.45, 2.75) is 25.3 Å². The molecule has 4 nitrogen and oxygen atoms in total. The van der Waals surface area contributed by atoms with Crippen LogP contribution in [-0.2, 0) is 16.0 Å². The largest absolute Gasteiger partial charge is 0.354 e. The number of rotatable bonds is 4. The summed E-state index contributed by atoms with van der Waals surface area (Å²) < 4.78 is 13.4. The third kappa shape index (κ3) is 3.67. The van der Waals surface area contributed by atoms with Gasteiger partial charge in [-0.05, 0) is 36.6 Å². The summed E-state index contributed by atoms with van der Waals surface area (Å²) in [5.41, 5.74) is 0.461. The predicted molar refractivity (Wildman–Crippen MR) is 69.3 cm³/mol. The summed E-state index contributed by atoms with van der Waals surface area (Å²) >= 11 is 5.78. The van der Waals surface area contributed by atoms with Gasteiger partial charge in [0.25, 0.3) is 0 Å². The second-order valence-electron chi connectivity index (χ2n) is 4.44. The molecule has 1 aliphatic rings. The van der Waals surface area contributed by atoms with E-state index in [1.165, 1.54) is 12.1 Å². The van der Waals surface area contributed by atoms with Crippen LogP contribution in [0.25, 0.3) is 0 Å². The van der Waals surface area contributed by atoms with Crippen LogP contribution in [0.3, 0.4) is 0 Å². The van der Waals surface area contributed by atoms with Crippen LogP contribution in [0.4, 0.5) is 4.39 Å². The third-order valence-electron chi connectivity index (χ3n) is 3.01. The fraction of sp³-hybridized carbons (Fsp3) is 0.385. The Bertz CT molecular complexity index is 507. The zero-order chi connectivity index (χ0) is 13.8. The Morgan fingerprint density at radius 3 is 3.00 bits per heavy atom. The molecule has 2 rings (SSSR count). The van der Waals surface area contributed by atoms with Gasteiger partial charge < -0.3 is 10.6 Å². The third-order valence-corrected chi connectivity index (χ3v) is 3.25. The van der Waals surface area contributed by atoms with Crippen molar-refractivity contribution in [1.29, 1.82) is 0 Å². The minimum Gasteiger partial charge on any atom is -0.354 e. The number of hydrogen-bond donors (Lipinski definition) is 2. The lowest BCUT2D eigenvalue weighted by molar-refractivity contribution is -0.125. The van der Waals surface area contributed by atoms with Crippen molar-refractivity contribution in [3.05, 3.63) is 34.6 Å². The zero-order valence-corrected chi connectivity index (χ0v) is 11.0. The highest BCUT2D eigenvalue weighted by Crippen LogP contribution is 2.15. The van der Waals surface area contributed by atoms with Crippen molar-refractivity contribution in [2.24, 2.45) is 0 Å². The Labute approximate surface area is 115 Å². The summed E-state index contributed by atoms with van der Waals surface area (Å²) in [7, 11) is 0. The van der Waals surface area contributed by atoms with Crippen LogP contribution < -0.4 is 10.6 Å². The molecular weight excluding hydrogens is 271 g/mol. The van der Waals surface area contributed by atoms with Gasteiger partial charge in [-0.2, -0.15) is 0 Å². The second-order valence-corrected chi connectivity index (χ2v) is 4.87. The van der Waals surface area contributed by atoms with E-state index in [0.717, 1.165) is 0 Å². The molecule has 1 unspecified atom stereocenters. The summed E-state index contributed by atoms with van der Waals surface area (Å²) in [4.78, 5) is 22.7. The van der Waals surface area contributed by atoms with Gasteiger partial charge in [0, 0.05) is 18.0 Å². The minimum absolute atomic E-state index is 0.110. The molecule has 1 aromatic carbocycles. The van der Waals surface area contributed by atoms with E-state index < -0.39 is 6.04 Å². The Balaban J connectivity index is 1.81. The first-order valence-electron chi connectivity index (χ1n) is 6.07. The van der Waals surface area contributed by atoms with Gasteiger partial charge >= 0.3 is 0 Å². The molecule has 2 amide bonds. The van der Waals surface area contributed by atoms with E-state index in [9.17, 15) is 14.0 Å². The van der Waals surface area contributed by atoms with Gasteiger partial charge in [0.2, 0.25) is 11.8 Å². The van der Waals surface area contributed by atoms with E-state index in [4.69, 9.17) is 11.6 Å². The molecule has 0 aromatic heterocycles. The van der Waals surface area contributed by atoms with Gasteiger partial charge in [0.1, 0.15) is 11.9 Å². The van der Waals surface area contributed by atoms with E-state index in [0.29, 0.717) is 36.4 Å². The van der Waals surface area contributed by atoms with E-state index in [2.05, 4.69) is 10.6 Å². The van der Waals surface area contributed by atoms with Gasteiger partial charge in [0.05, 0.1) is 0 Å². The maximum atomic E-state index is 13.4. The number of halogens is 2. The fourth-order valence-corrected chi connectivity index (χ4v) is 2.18. The highest BCUT2D eigenvalue weighted by atomic mass is 35.5. The number of benzene rings is 1. The summed E-state index contributed by atoms with van der Waals surface area (Å²) in [6.07, 6.45) is 1.25. The highest BCUT2D eigenvalue weighted by Gasteiger charge is 2.26. The maximum absolute atomic E-state index is 13.4. The molecule has 6 heteroatoms. The fourth-order valence-electron chi connectivity index (χ4n) is 1.99. The lowest BCUT2D eigenvalue weighted by Crippen LogP contribution is -2.42.